The summed E-state index contributed by atoms with van der Waals surface area (Å²) in [5.41, 5.74) is 0.851. The molecule has 2 amide bonds. The SMILES string of the molecule is COc1cccc(/C=C\C(=O)NCC(=O)NCCN2CCOCC2)c1. The number of benzene rings is 1. The fourth-order valence-electron chi connectivity index (χ4n) is 2.38. The van der Waals surface area contributed by atoms with Gasteiger partial charge in [0.05, 0.1) is 26.9 Å². The summed E-state index contributed by atoms with van der Waals surface area (Å²) in [5, 5.41) is 5.36. The van der Waals surface area contributed by atoms with Crippen LogP contribution in [0.2, 0.25) is 0 Å². The average molecular weight is 347 g/mol. The summed E-state index contributed by atoms with van der Waals surface area (Å²) in [5.74, 6) is 0.213. The molecule has 0 radical (unpaired) electrons. The summed E-state index contributed by atoms with van der Waals surface area (Å²) in [6.07, 6.45) is 3.07. The molecule has 0 saturated carbocycles. The molecule has 7 heteroatoms. The van der Waals surface area contributed by atoms with Gasteiger partial charge >= 0.3 is 0 Å². The Kier molecular flexibility index (Phi) is 7.94. The number of hydrogen-bond acceptors (Lipinski definition) is 5. The zero-order chi connectivity index (χ0) is 17.9. The predicted molar refractivity (Wildman–Crippen MR) is 95.3 cm³/mol. The summed E-state index contributed by atoms with van der Waals surface area (Å²) in [7, 11) is 1.59. The molecule has 1 fully saturated rings. The molecule has 1 aromatic rings. The van der Waals surface area contributed by atoms with Crippen molar-refractivity contribution >= 4 is 17.9 Å². The van der Waals surface area contributed by atoms with Crippen LogP contribution in [0.25, 0.3) is 6.08 Å². The number of nitrogens with zero attached hydrogens (tertiary/aromatic N) is 1. The molecule has 25 heavy (non-hydrogen) atoms. The van der Waals surface area contributed by atoms with Gasteiger partial charge in [0.1, 0.15) is 5.75 Å². The lowest BCUT2D eigenvalue weighted by molar-refractivity contribution is -0.124. The van der Waals surface area contributed by atoms with Crippen LogP contribution >= 0.6 is 0 Å². The molecule has 136 valence electrons. The van der Waals surface area contributed by atoms with Crippen LogP contribution in [0.5, 0.6) is 5.75 Å². The highest BCUT2D eigenvalue weighted by Crippen LogP contribution is 2.13. The molecular weight excluding hydrogens is 322 g/mol. The number of amides is 2. The number of morpholine rings is 1. The second-order valence-electron chi connectivity index (χ2n) is 5.63. The average Bonchev–Trinajstić information content (AvgIpc) is 2.65. The van der Waals surface area contributed by atoms with Crippen molar-refractivity contribution in [3.63, 3.8) is 0 Å². The third-order valence-corrected chi connectivity index (χ3v) is 3.80. The Morgan fingerprint density at radius 1 is 1.28 bits per heavy atom. The molecule has 1 aromatic carbocycles. The van der Waals surface area contributed by atoms with Gasteiger partial charge < -0.3 is 20.1 Å². The first kappa shape index (κ1) is 19.0. The van der Waals surface area contributed by atoms with Crippen LogP contribution in [0, 0.1) is 0 Å². The molecule has 1 aliphatic rings. The van der Waals surface area contributed by atoms with Crippen molar-refractivity contribution in [2.75, 3.05) is 53.0 Å². The van der Waals surface area contributed by atoms with Gasteiger partial charge in [0.2, 0.25) is 11.8 Å². The van der Waals surface area contributed by atoms with Gasteiger partial charge in [-0.1, -0.05) is 12.1 Å². The number of carbonyl (C=O) groups excluding carboxylic acids is 2. The van der Waals surface area contributed by atoms with E-state index in [2.05, 4.69) is 15.5 Å². The van der Waals surface area contributed by atoms with Crippen molar-refractivity contribution in [2.45, 2.75) is 0 Å². The molecule has 0 unspecified atom stereocenters. The maximum absolute atomic E-state index is 11.8. The summed E-state index contributed by atoms with van der Waals surface area (Å²) < 4.78 is 10.4. The van der Waals surface area contributed by atoms with Crippen molar-refractivity contribution in [2.24, 2.45) is 0 Å². The molecule has 2 N–H and O–H groups in total. The van der Waals surface area contributed by atoms with E-state index in [1.807, 2.05) is 24.3 Å². The van der Waals surface area contributed by atoms with E-state index in [0.717, 1.165) is 44.2 Å². The quantitative estimate of drug-likeness (QED) is 0.660. The molecule has 2 rings (SSSR count). The van der Waals surface area contributed by atoms with Gasteiger partial charge in [-0.05, 0) is 23.8 Å². The Morgan fingerprint density at radius 3 is 2.84 bits per heavy atom. The van der Waals surface area contributed by atoms with Gasteiger partial charge in [-0.3, -0.25) is 14.5 Å². The second-order valence-corrected chi connectivity index (χ2v) is 5.63. The van der Waals surface area contributed by atoms with Crippen LogP contribution in [-0.2, 0) is 14.3 Å². The standard InChI is InChI=1S/C18H25N3O4/c1-24-16-4-2-3-15(13-16)5-6-17(22)20-14-18(23)19-7-8-21-9-11-25-12-10-21/h2-6,13H,7-12,14H2,1H3,(H,19,23)(H,20,22)/b6-5-. The molecule has 0 bridgehead atoms. The van der Waals surface area contributed by atoms with E-state index < -0.39 is 0 Å². The van der Waals surface area contributed by atoms with Gasteiger partial charge in [-0.25, -0.2) is 0 Å². The lowest BCUT2D eigenvalue weighted by Crippen LogP contribution is -2.43. The first-order valence-corrected chi connectivity index (χ1v) is 8.34. The van der Waals surface area contributed by atoms with E-state index in [4.69, 9.17) is 9.47 Å². The minimum Gasteiger partial charge on any atom is -0.497 e. The molecule has 1 aliphatic heterocycles. The molecule has 1 heterocycles. The van der Waals surface area contributed by atoms with Crippen LogP contribution in [-0.4, -0.2) is 69.8 Å². The van der Waals surface area contributed by atoms with Crippen molar-refractivity contribution in [3.05, 3.63) is 35.9 Å². The van der Waals surface area contributed by atoms with Gasteiger partial charge in [0.25, 0.3) is 0 Å². The highest BCUT2D eigenvalue weighted by atomic mass is 16.5. The first-order valence-electron chi connectivity index (χ1n) is 8.34. The molecule has 0 aliphatic carbocycles. The van der Waals surface area contributed by atoms with Crippen molar-refractivity contribution in [1.82, 2.24) is 15.5 Å². The minimum absolute atomic E-state index is 0.0373. The Labute approximate surface area is 148 Å². The van der Waals surface area contributed by atoms with Crippen molar-refractivity contribution in [3.8, 4) is 5.75 Å². The van der Waals surface area contributed by atoms with Crippen LogP contribution < -0.4 is 15.4 Å². The largest absolute Gasteiger partial charge is 0.497 e. The Balaban J connectivity index is 1.63. The lowest BCUT2D eigenvalue weighted by Gasteiger charge is -2.26. The zero-order valence-electron chi connectivity index (χ0n) is 14.5. The maximum atomic E-state index is 11.8. The normalized spacial score (nSPS) is 15.1. The summed E-state index contributed by atoms with van der Waals surface area (Å²) in [6, 6.07) is 7.36. The van der Waals surface area contributed by atoms with Crippen LogP contribution in [0.1, 0.15) is 5.56 Å². The fourth-order valence-corrected chi connectivity index (χ4v) is 2.38. The first-order chi connectivity index (χ1) is 12.2. The number of methoxy groups -OCH3 is 1. The smallest absolute Gasteiger partial charge is 0.244 e. The third kappa shape index (κ3) is 7.36. The van der Waals surface area contributed by atoms with E-state index in [1.165, 1.54) is 6.08 Å². The van der Waals surface area contributed by atoms with Crippen LogP contribution in [0.4, 0.5) is 0 Å². The van der Waals surface area contributed by atoms with Gasteiger partial charge in [-0.2, -0.15) is 0 Å². The molecule has 0 spiro atoms. The Morgan fingerprint density at radius 2 is 2.08 bits per heavy atom. The van der Waals surface area contributed by atoms with Crippen LogP contribution in [0.3, 0.4) is 0 Å². The van der Waals surface area contributed by atoms with Crippen LogP contribution in [0.15, 0.2) is 30.3 Å². The molecular formula is C18H25N3O4. The highest BCUT2D eigenvalue weighted by molar-refractivity contribution is 5.94. The fraction of sp³-hybridized carbons (Fsp3) is 0.444. The van der Waals surface area contributed by atoms with E-state index in [-0.39, 0.29) is 18.4 Å². The lowest BCUT2D eigenvalue weighted by atomic mass is 10.2. The van der Waals surface area contributed by atoms with Gasteiger partial charge in [0, 0.05) is 32.3 Å². The number of ether oxygens (including phenoxy) is 2. The molecule has 1 saturated heterocycles. The topological polar surface area (TPSA) is 79.9 Å². The van der Waals surface area contributed by atoms with E-state index in [9.17, 15) is 9.59 Å². The van der Waals surface area contributed by atoms with E-state index >= 15 is 0 Å². The van der Waals surface area contributed by atoms with E-state index in [1.54, 1.807) is 13.2 Å². The van der Waals surface area contributed by atoms with E-state index in [0.29, 0.717) is 6.54 Å². The second kappa shape index (κ2) is 10.5. The maximum Gasteiger partial charge on any atom is 0.244 e. The summed E-state index contributed by atoms with van der Waals surface area (Å²) in [6.45, 7) is 4.58. The molecule has 7 nitrogen and oxygen atoms in total. The van der Waals surface area contributed by atoms with Crippen molar-refractivity contribution < 1.29 is 19.1 Å². The minimum atomic E-state index is -0.314. The van der Waals surface area contributed by atoms with Gasteiger partial charge in [-0.15, -0.1) is 0 Å². The van der Waals surface area contributed by atoms with Crippen molar-refractivity contribution in [1.29, 1.82) is 0 Å². The third-order valence-electron chi connectivity index (χ3n) is 3.80. The number of carbonyl (C=O) groups is 2. The molecule has 0 atom stereocenters. The highest BCUT2D eigenvalue weighted by Gasteiger charge is 2.10. The summed E-state index contributed by atoms with van der Waals surface area (Å²) >= 11 is 0. The summed E-state index contributed by atoms with van der Waals surface area (Å²) in [4.78, 5) is 25.7. The zero-order valence-corrected chi connectivity index (χ0v) is 14.5. The Bertz CT molecular complexity index is 598. The predicted octanol–water partition coefficient (Wildman–Crippen LogP) is 0.273. The Hall–Kier alpha value is -2.38. The number of rotatable bonds is 8. The number of hydrogen-bond donors (Lipinski definition) is 2. The monoisotopic (exact) mass is 347 g/mol. The molecule has 0 aromatic heterocycles. The number of nitrogens with one attached hydrogen (secondary N) is 2. The van der Waals surface area contributed by atoms with Gasteiger partial charge in [0.15, 0.2) is 0 Å².